The van der Waals surface area contributed by atoms with Gasteiger partial charge in [0.25, 0.3) is 0 Å². The Morgan fingerprint density at radius 1 is 1.00 bits per heavy atom. The van der Waals surface area contributed by atoms with Crippen LogP contribution in [0.2, 0.25) is 0 Å². The van der Waals surface area contributed by atoms with Crippen LogP contribution in [0.25, 0.3) is 0 Å². The van der Waals surface area contributed by atoms with E-state index in [0.717, 1.165) is 5.92 Å². The second-order valence-corrected chi connectivity index (χ2v) is 5.06. The Kier molecular flexibility index (Phi) is 4.87. The molecule has 0 radical (unpaired) electrons. The Labute approximate surface area is 94.7 Å². The normalized spacial score (nSPS) is 11.0. The molecule has 0 aliphatic heterocycles. The molecule has 0 heterocycles. The van der Waals surface area contributed by atoms with Crippen LogP contribution in [0.15, 0.2) is 18.2 Å². The lowest BCUT2D eigenvalue weighted by Crippen LogP contribution is -1.91. The fourth-order valence-electron chi connectivity index (χ4n) is 1.84. The Bertz CT molecular complexity index is 297. The first-order valence-electron chi connectivity index (χ1n) is 6.15. The monoisotopic (exact) mass is 204 g/mol. The lowest BCUT2D eigenvalue weighted by Gasteiger charge is -2.06. The van der Waals surface area contributed by atoms with E-state index in [2.05, 4.69) is 45.9 Å². The van der Waals surface area contributed by atoms with Gasteiger partial charge in [0.15, 0.2) is 0 Å². The fraction of sp³-hybridized carbons (Fsp3) is 0.600. The summed E-state index contributed by atoms with van der Waals surface area (Å²) in [5.74, 6) is 0.852. The van der Waals surface area contributed by atoms with Gasteiger partial charge in [0.05, 0.1) is 0 Å². The van der Waals surface area contributed by atoms with Gasteiger partial charge in [0, 0.05) is 0 Å². The largest absolute Gasteiger partial charge is 0.0628 e. The van der Waals surface area contributed by atoms with E-state index in [1.165, 1.54) is 42.4 Å². The molecule has 1 rings (SSSR count). The van der Waals surface area contributed by atoms with Crippen LogP contribution in [-0.4, -0.2) is 0 Å². The lowest BCUT2D eigenvalue weighted by molar-refractivity contribution is 0.538. The predicted octanol–water partition coefficient (Wildman–Crippen LogP) is 4.67. The summed E-state index contributed by atoms with van der Waals surface area (Å²) in [7, 11) is 0. The highest BCUT2D eigenvalue weighted by Gasteiger charge is 1.98. The van der Waals surface area contributed by atoms with E-state index in [1.54, 1.807) is 0 Å². The third-order valence-corrected chi connectivity index (χ3v) is 3.07. The van der Waals surface area contributed by atoms with E-state index in [-0.39, 0.29) is 0 Å². The van der Waals surface area contributed by atoms with Crippen LogP contribution in [0, 0.1) is 19.8 Å². The highest BCUT2D eigenvalue weighted by molar-refractivity contribution is 5.29. The number of rotatable bonds is 5. The van der Waals surface area contributed by atoms with Crippen molar-refractivity contribution in [3.05, 3.63) is 34.9 Å². The van der Waals surface area contributed by atoms with Crippen molar-refractivity contribution >= 4 is 0 Å². The van der Waals surface area contributed by atoms with Gasteiger partial charge in [-0.25, -0.2) is 0 Å². The molecule has 0 spiro atoms. The second kappa shape index (κ2) is 5.95. The van der Waals surface area contributed by atoms with Gasteiger partial charge in [-0.15, -0.1) is 0 Å². The molecule has 0 aliphatic rings. The molecule has 0 saturated carbocycles. The van der Waals surface area contributed by atoms with Gasteiger partial charge in [-0.05, 0) is 49.3 Å². The van der Waals surface area contributed by atoms with Crippen molar-refractivity contribution in [2.24, 2.45) is 5.92 Å². The van der Waals surface area contributed by atoms with Crippen molar-refractivity contribution in [1.82, 2.24) is 0 Å². The van der Waals surface area contributed by atoms with Crippen LogP contribution < -0.4 is 0 Å². The maximum atomic E-state index is 2.34. The molecule has 1 aromatic rings. The van der Waals surface area contributed by atoms with Gasteiger partial charge >= 0.3 is 0 Å². The van der Waals surface area contributed by atoms with Crippen LogP contribution in [0.4, 0.5) is 0 Å². The quantitative estimate of drug-likeness (QED) is 0.611. The molecular formula is C15H24. The first-order valence-corrected chi connectivity index (χ1v) is 6.15. The fourth-order valence-corrected chi connectivity index (χ4v) is 1.84. The van der Waals surface area contributed by atoms with E-state index >= 15 is 0 Å². The molecular weight excluding hydrogens is 180 g/mol. The third-order valence-electron chi connectivity index (χ3n) is 3.07. The molecule has 0 heteroatoms. The number of hydrogen-bond acceptors (Lipinski definition) is 0. The summed E-state index contributed by atoms with van der Waals surface area (Å²) in [5.41, 5.74) is 4.33. The summed E-state index contributed by atoms with van der Waals surface area (Å²) >= 11 is 0. The van der Waals surface area contributed by atoms with Gasteiger partial charge in [0.1, 0.15) is 0 Å². The average Bonchev–Trinajstić information content (AvgIpc) is 2.18. The number of aryl methyl sites for hydroxylation is 3. The summed E-state index contributed by atoms with van der Waals surface area (Å²) in [5, 5.41) is 0. The number of benzene rings is 1. The molecule has 0 amide bonds. The molecule has 0 aliphatic carbocycles. The molecule has 0 nitrogen and oxygen atoms in total. The zero-order valence-electron chi connectivity index (χ0n) is 10.6. The van der Waals surface area contributed by atoms with E-state index in [1.807, 2.05) is 0 Å². The molecule has 0 bridgehead atoms. The molecule has 0 saturated heterocycles. The van der Waals surface area contributed by atoms with Crippen molar-refractivity contribution in [2.45, 2.75) is 53.4 Å². The maximum absolute atomic E-state index is 2.34. The summed E-state index contributed by atoms with van der Waals surface area (Å²) < 4.78 is 0. The van der Waals surface area contributed by atoms with Gasteiger partial charge in [-0.2, -0.15) is 0 Å². The van der Waals surface area contributed by atoms with Crippen LogP contribution in [0.3, 0.4) is 0 Å². The van der Waals surface area contributed by atoms with Crippen molar-refractivity contribution in [3.8, 4) is 0 Å². The first kappa shape index (κ1) is 12.3. The molecule has 15 heavy (non-hydrogen) atoms. The first-order chi connectivity index (χ1) is 7.09. The minimum Gasteiger partial charge on any atom is -0.0628 e. The Hall–Kier alpha value is -0.780. The van der Waals surface area contributed by atoms with E-state index in [0.29, 0.717) is 0 Å². The van der Waals surface area contributed by atoms with Crippen LogP contribution in [0.1, 0.15) is 49.8 Å². The molecule has 0 aromatic heterocycles. The highest BCUT2D eigenvalue weighted by atomic mass is 14.0. The SMILES string of the molecule is Cc1ccc(CCCCC(C)C)cc1C. The van der Waals surface area contributed by atoms with Gasteiger partial charge in [0.2, 0.25) is 0 Å². The lowest BCUT2D eigenvalue weighted by atomic mass is 10.00. The molecule has 84 valence electrons. The van der Waals surface area contributed by atoms with Crippen molar-refractivity contribution < 1.29 is 0 Å². The molecule has 0 unspecified atom stereocenters. The summed E-state index contributed by atoms with van der Waals surface area (Å²) in [6, 6.07) is 6.86. The van der Waals surface area contributed by atoms with Crippen LogP contribution in [0.5, 0.6) is 0 Å². The standard InChI is InChI=1S/C15H24/c1-12(2)7-5-6-8-15-10-9-13(3)14(4)11-15/h9-12H,5-8H2,1-4H3. The van der Waals surface area contributed by atoms with Crippen LogP contribution >= 0.6 is 0 Å². The molecule has 1 aromatic carbocycles. The highest BCUT2D eigenvalue weighted by Crippen LogP contribution is 2.14. The van der Waals surface area contributed by atoms with Crippen molar-refractivity contribution in [2.75, 3.05) is 0 Å². The van der Waals surface area contributed by atoms with Crippen LogP contribution in [-0.2, 0) is 6.42 Å². The van der Waals surface area contributed by atoms with Crippen molar-refractivity contribution in [3.63, 3.8) is 0 Å². The molecule has 0 fully saturated rings. The minimum atomic E-state index is 0.852. The van der Waals surface area contributed by atoms with E-state index < -0.39 is 0 Å². The topological polar surface area (TPSA) is 0 Å². The smallest absolute Gasteiger partial charge is 0.0279 e. The number of unbranched alkanes of at least 4 members (excludes halogenated alkanes) is 1. The van der Waals surface area contributed by atoms with E-state index in [9.17, 15) is 0 Å². The Morgan fingerprint density at radius 2 is 1.73 bits per heavy atom. The Balaban J connectivity index is 2.35. The third kappa shape index (κ3) is 4.51. The summed E-state index contributed by atoms with van der Waals surface area (Å²) in [6.45, 7) is 8.98. The summed E-state index contributed by atoms with van der Waals surface area (Å²) in [4.78, 5) is 0. The minimum absolute atomic E-state index is 0.852. The van der Waals surface area contributed by atoms with Gasteiger partial charge in [-0.3, -0.25) is 0 Å². The van der Waals surface area contributed by atoms with E-state index in [4.69, 9.17) is 0 Å². The number of hydrogen-bond donors (Lipinski definition) is 0. The molecule has 0 atom stereocenters. The average molecular weight is 204 g/mol. The summed E-state index contributed by atoms with van der Waals surface area (Å²) in [6.07, 6.45) is 5.31. The zero-order valence-corrected chi connectivity index (χ0v) is 10.6. The van der Waals surface area contributed by atoms with Gasteiger partial charge < -0.3 is 0 Å². The maximum Gasteiger partial charge on any atom is -0.0279 e. The van der Waals surface area contributed by atoms with Gasteiger partial charge in [-0.1, -0.05) is 44.9 Å². The second-order valence-electron chi connectivity index (χ2n) is 5.06. The Morgan fingerprint density at radius 3 is 2.33 bits per heavy atom. The molecule has 0 N–H and O–H groups in total. The zero-order chi connectivity index (χ0) is 11.3. The predicted molar refractivity (Wildman–Crippen MR) is 68.3 cm³/mol. The van der Waals surface area contributed by atoms with Crippen molar-refractivity contribution in [1.29, 1.82) is 0 Å².